The molecule has 0 saturated carbocycles. The topological polar surface area (TPSA) is 74.4 Å². The third-order valence-electron chi connectivity index (χ3n) is 7.50. The summed E-state index contributed by atoms with van der Waals surface area (Å²) >= 11 is 0. The summed E-state index contributed by atoms with van der Waals surface area (Å²) in [6, 6.07) is 16.0. The highest BCUT2D eigenvalue weighted by Gasteiger charge is 2.57. The average molecular weight is 495 g/mol. The Morgan fingerprint density at radius 3 is 2.08 bits per heavy atom. The van der Waals surface area contributed by atoms with Crippen molar-refractivity contribution in [3.05, 3.63) is 59.7 Å². The molecule has 194 valence electrons. The van der Waals surface area contributed by atoms with Crippen LogP contribution in [-0.4, -0.2) is 79.1 Å². The van der Waals surface area contributed by atoms with E-state index in [2.05, 4.69) is 10.2 Å². The monoisotopic (exact) mass is 494 g/mol. The number of carbonyl (C=O) groups excluding carboxylic acids is 2. The summed E-state index contributed by atoms with van der Waals surface area (Å²) < 4.78 is 10.6. The highest BCUT2D eigenvalue weighted by Crippen LogP contribution is 2.45. The lowest BCUT2D eigenvalue weighted by molar-refractivity contribution is -0.135. The number of hydrogen-bond acceptors (Lipinski definition) is 5. The number of benzene rings is 2. The first-order valence-electron chi connectivity index (χ1n) is 12.7. The predicted octanol–water partition coefficient (Wildman–Crippen LogP) is 3.67. The van der Waals surface area contributed by atoms with E-state index in [-0.39, 0.29) is 24.1 Å². The lowest BCUT2D eigenvalue weighted by Crippen LogP contribution is -2.57. The van der Waals surface area contributed by atoms with Crippen molar-refractivity contribution < 1.29 is 19.1 Å². The van der Waals surface area contributed by atoms with Gasteiger partial charge < -0.3 is 24.6 Å². The number of nitrogens with zero attached hydrogens (tertiary/aromatic N) is 3. The summed E-state index contributed by atoms with van der Waals surface area (Å²) in [4.78, 5) is 32.7. The number of carbonyl (C=O) groups is 2. The molecule has 3 amide bonds. The number of rotatable bonds is 7. The number of ether oxygens (including phenoxy) is 2. The summed E-state index contributed by atoms with van der Waals surface area (Å²) in [5.74, 6) is 1.75. The van der Waals surface area contributed by atoms with Crippen LogP contribution < -0.4 is 14.8 Å². The van der Waals surface area contributed by atoms with Crippen molar-refractivity contribution in [2.24, 2.45) is 0 Å². The van der Waals surface area contributed by atoms with Crippen molar-refractivity contribution in [3.8, 4) is 11.5 Å². The van der Waals surface area contributed by atoms with Crippen molar-refractivity contribution in [1.29, 1.82) is 0 Å². The van der Waals surface area contributed by atoms with Gasteiger partial charge in [-0.2, -0.15) is 0 Å². The normalized spacial score (nSPS) is 19.7. The highest BCUT2D eigenvalue weighted by atomic mass is 16.5. The van der Waals surface area contributed by atoms with Crippen molar-refractivity contribution >= 4 is 11.9 Å². The van der Waals surface area contributed by atoms with E-state index < -0.39 is 5.54 Å². The van der Waals surface area contributed by atoms with Gasteiger partial charge in [0.05, 0.1) is 14.2 Å². The molecule has 1 spiro atoms. The Labute approximate surface area is 214 Å². The van der Waals surface area contributed by atoms with Gasteiger partial charge in [-0.3, -0.25) is 9.69 Å². The number of piperidine rings is 1. The molecule has 0 radical (unpaired) electrons. The molecule has 2 aliphatic heterocycles. The number of likely N-dealkylation sites (N-methyl/N-ethyl adjacent to an activating group) is 1. The van der Waals surface area contributed by atoms with Gasteiger partial charge in [0.25, 0.3) is 0 Å². The van der Waals surface area contributed by atoms with E-state index in [1.807, 2.05) is 79.2 Å². The van der Waals surface area contributed by atoms with Crippen LogP contribution >= 0.6 is 0 Å². The van der Waals surface area contributed by atoms with Gasteiger partial charge in [0.2, 0.25) is 5.91 Å². The molecule has 2 heterocycles. The number of nitrogens with one attached hydrogen (secondary N) is 1. The van der Waals surface area contributed by atoms with Crippen molar-refractivity contribution in [1.82, 2.24) is 20.0 Å². The molecule has 4 rings (SSSR count). The fourth-order valence-corrected chi connectivity index (χ4v) is 5.40. The Bertz CT molecular complexity index is 1050. The van der Waals surface area contributed by atoms with Gasteiger partial charge >= 0.3 is 6.03 Å². The first kappa shape index (κ1) is 25.8. The predicted molar refractivity (Wildman–Crippen MR) is 139 cm³/mol. The molecular weight excluding hydrogens is 456 g/mol. The molecule has 8 heteroatoms. The first-order valence-corrected chi connectivity index (χ1v) is 12.7. The minimum absolute atomic E-state index is 0.0592. The van der Waals surface area contributed by atoms with Crippen molar-refractivity contribution in [2.45, 2.75) is 50.9 Å². The fourth-order valence-electron chi connectivity index (χ4n) is 5.40. The number of amides is 3. The Morgan fingerprint density at radius 2 is 1.56 bits per heavy atom. The van der Waals surface area contributed by atoms with Crippen molar-refractivity contribution in [2.75, 3.05) is 40.9 Å². The fraction of sp³-hybridized carbons (Fsp3) is 0.500. The molecular formula is C28H38N4O4. The zero-order valence-corrected chi connectivity index (χ0v) is 22.0. The van der Waals surface area contributed by atoms with Crippen LogP contribution in [0.4, 0.5) is 4.79 Å². The third kappa shape index (κ3) is 5.00. The minimum atomic E-state index is -0.626. The Balaban J connectivity index is 1.57. The van der Waals surface area contributed by atoms with Gasteiger partial charge in [0.15, 0.2) is 0 Å². The second-order valence-electron chi connectivity index (χ2n) is 9.98. The third-order valence-corrected chi connectivity index (χ3v) is 7.50. The average Bonchev–Trinajstić information content (AvgIpc) is 3.09. The zero-order chi connectivity index (χ0) is 25.9. The Hall–Kier alpha value is -3.26. The van der Waals surface area contributed by atoms with Crippen molar-refractivity contribution in [3.63, 3.8) is 0 Å². The number of urea groups is 1. The van der Waals surface area contributed by atoms with E-state index in [0.717, 1.165) is 29.0 Å². The largest absolute Gasteiger partial charge is 0.497 e. The molecule has 2 aromatic rings. The van der Waals surface area contributed by atoms with Crippen LogP contribution in [0.3, 0.4) is 0 Å². The van der Waals surface area contributed by atoms with E-state index >= 15 is 0 Å². The highest BCUT2D eigenvalue weighted by molar-refractivity contribution is 5.89. The molecule has 1 unspecified atom stereocenters. The second kappa shape index (κ2) is 10.8. The van der Waals surface area contributed by atoms with Gasteiger partial charge in [-0.25, -0.2) is 4.79 Å². The molecule has 36 heavy (non-hydrogen) atoms. The maximum absolute atomic E-state index is 14.1. The van der Waals surface area contributed by atoms with Gasteiger partial charge in [0, 0.05) is 25.7 Å². The number of likely N-dealkylation sites (tertiary alicyclic amines) is 1. The standard InChI is InChI=1S/C28H38N4O4/c1-20(2)29-27(34)31-18-15-28(16-19-31)26(33)32(17-14-21-6-10-23(35-4)11-7-21)25(30(28)3)22-8-12-24(36-5)13-9-22/h6-13,20,25H,14-19H2,1-5H3,(H,29,34). The Morgan fingerprint density at radius 1 is 1.00 bits per heavy atom. The van der Waals surface area contributed by atoms with Crippen LogP contribution in [0.1, 0.15) is 44.0 Å². The van der Waals surface area contributed by atoms with Gasteiger partial charge in [-0.05, 0) is 75.5 Å². The quantitative estimate of drug-likeness (QED) is 0.636. The van der Waals surface area contributed by atoms with Gasteiger partial charge in [-0.1, -0.05) is 24.3 Å². The number of methoxy groups -OCH3 is 2. The summed E-state index contributed by atoms with van der Waals surface area (Å²) in [5.41, 5.74) is 1.58. The molecule has 2 aromatic carbocycles. The molecule has 0 aliphatic carbocycles. The summed E-state index contributed by atoms with van der Waals surface area (Å²) in [6.45, 7) is 5.62. The summed E-state index contributed by atoms with van der Waals surface area (Å²) in [7, 11) is 5.36. The molecule has 2 fully saturated rings. The first-order chi connectivity index (χ1) is 17.3. The van der Waals surface area contributed by atoms with E-state index in [1.165, 1.54) is 0 Å². The van der Waals surface area contributed by atoms with E-state index in [1.54, 1.807) is 14.2 Å². The lowest BCUT2D eigenvalue weighted by Gasteiger charge is -2.42. The molecule has 2 aliphatic rings. The maximum atomic E-state index is 14.1. The second-order valence-corrected chi connectivity index (χ2v) is 9.98. The SMILES string of the molecule is COc1ccc(CCN2C(=O)C3(CCN(C(=O)NC(C)C)CC3)N(C)C2c2ccc(OC)cc2)cc1. The number of hydrogen-bond donors (Lipinski definition) is 1. The summed E-state index contributed by atoms with van der Waals surface area (Å²) in [5, 5.41) is 2.97. The van der Waals surface area contributed by atoms with Crippen LogP contribution in [0, 0.1) is 0 Å². The zero-order valence-electron chi connectivity index (χ0n) is 22.0. The van der Waals surface area contributed by atoms with Crippen LogP contribution in [-0.2, 0) is 11.2 Å². The van der Waals surface area contributed by atoms with Gasteiger partial charge in [0.1, 0.15) is 23.2 Å². The van der Waals surface area contributed by atoms with Gasteiger partial charge in [-0.15, -0.1) is 0 Å². The van der Waals surface area contributed by atoms with Crippen LogP contribution in [0.5, 0.6) is 11.5 Å². The molecule has 2 saturated heterocycles. The van der Waals surface area contributed by atoms with Crippen LogP contribution in [0.2, 0.25) is 0 Å². The molecule has 1 N–H and O–H groups in total. The maximum Gasteiger partial charge on any atom is 0.317 e. The molecule has 0 bridgehead atoms. The van der Waals surface area contributed by atoms with Crippen LogP contribution in [0.25, 0.3) is 0 Å². The smallest absolute Gasteiger partial charge is 0.317 e. The summed E-state index contributed by atoms with van der Waals surface area (Å²) in [6.07, 6.45) is 1.78. The van der Waals surface area contributed by atoms with E-state index in [9.17, 15) is 9.59 Å². The van der Waals surface area contributed by atoms with E-state index in [4.69, 9.17) is 9.47 Å². The molecule has 0 aromatic heterocycles. The molecule has 1 atom stereocenters. The molecule has 8 nitrogen and oxygen atoms in total. The van der Waals surface area contributed by atoms with E-state index in [0.29, 0.717) is 32.5 Å². The van der Waals surface area contributed by atoms with Crippen LogP contribution in [0.15, 0.2) is 48.5 Å². The minimum Gasteiger partial charge on any atom is -0.497 e. The lowest BCUT2D eigenvalue weighted by atomic mass is 9.86. The Kier molecular flexibility index (Phi) is 7.73.